The standard InChI is InChI=1S/C6H10O4/c1-9-6(8)3-2-4-10-5-7/h5H,2-4H2,1H3. The van der Waals surface area contributed by atoms with Crippen molar-refractivity contribution in [1.82, 2.24) is 0 Å². The normalized spacial score (nSPS) is 8.50. The Hall–Kier alpha value is -1.06. The molecule has 0 spiro atoms. The molecule has 0 atom stereocenters. The zero-order valence-corrected chi connectivity index (χ0v) is 5.83. The summed E-state index contributed by atoms with van der Waals surface area (Å²) in [6.07, 6.45) is 0.815. The van der Waals surface area contributed by atoms with E-state index in [1.54, 1.807) is 0 Å². The van der Waals surface area contributed by atoms with E-state index in [0.717, 1.165) is 0 Å². The maximum absolute atomic E-state index is 10.4. The van der Waals surface area contributed by atoms with Gasteiger partial charge in [0.1, 0.15) is 0 Å². The van der Waals surface area contributed by atoms with Crippen molar-refractivity contribution in [2.75, 3.05) is 13.7 Å². The van der Waals surface area contributed by atoms with Gasteiger partial charge in [-0.1, -0.05) is 0 Å². The number of carbonyl (C=O) groups excluding carboxylic acids is 2. The second kappa shape index (κ2) is 6.07. The van der Waals surface area contributed by atoms with E-state index >= 15 is 0 Å². The summed E-state index contributed by atoms with van der Waals surface area (Å²) >= 11 is 0. The van der Waals surface area contributed by atoms with Crippen LogP contribution in [0.25, 0.3) is 0 Å². The summed E-state index contributed by atoms with van der Waals surface area (Å²) in [4.78, 5) is 20.0. The summed E-state index contributed by atoms with van der Waals surface area (Å²) in [6.45, 7) is 0.635. The molecule has 4 nitrogen and oxygen atoms in total. The molecule has 0 unspecified atom stereocenters. The van der Waals surface area contributed by atoms with Gasteiger partial charge in [0, 0.05) is 6.42 Å². The number of ether oxygens (including phenoxy) is 2. The van der Waals surface area contributed by atoms with Gasteiger partial charge >= 0.3 is 5.97 Å². The first-order chi connectivity index (χ1) is 4.81. The van der Waals surface area contributed by atoms with E-state index < -0.39 is 0 Å². The van der Waals surface area contributed by atoms with E-state index in [4.69, 9.17) is 0 Å². The molecule has 0 radical (unpaired) electrons. The van der Waals surface area contributed by atoms with Crippen LogP contribution in [-0.4, -0.2) is 26.2 Å². The van der Waals surface area contributed by atoms with Gasteiger partial charge in [-0.25, -0.2) is 0 Å². The fourth-order valence-corrected chi connectivity index (χ4v) is 0.450. The van der Waals surface area contributed by atoms with Gasteiger partial charge in [0.15, 0.2) is 0 Å². The van der Waals surface area contributed by atoms with Crippen molar-refractivity contribution in [2.45, 2.75) is 12.8 Å². The number of esters is 1. The maximum atomic E-state index is 10.4. The first-order valence-corrected chi connectivity index (χ1v) is 2.93. The predicted molar refractivity (Wildman–Crippen MR) is 33.3 cm³/mol. The fourth-order valence-electron chi connectivity index (χ4n) is 0.450. The molecular formula is C6H10O4. The highest BCUT2D eigenvalue weighted by Crippen LogP contribution is 1.90. The van der Waals surface area contributed by atoms with Crippen LogP contribution >= 0.6 is 0 Å². The topological polar surface area (TPSA) is 52.6 Å². The third-order valence-electron chi connectivity index (χ3n) is 0.939. The highest BCUT2D eigenvalue weighted by molar-refractivity contribution is 5.69. The van der Waals surface area contributed by atoms with E-state index in [2.05, 4.69) is 9.47 Å². The molecule has 0 aromatic rings. The summed E-state index contributed by atoms with van der Waals surface area (Å²) in [7, 11) is 1.32. The van der Waals surface area contributed by atoms with E-state index in [-0.39, 0.29) is 12.6 Å². The number of hydrogen-bond donors (Lipinski definition) is 0. The highest BCUT2D eigenvalue weighted by atomic mass is 16.5. The summed E-state index contributed by atoms with van der Waals surface area (Å²) in [5, 5.41) is 0. The van der Waals surface area contributed by atoms with E-state index in [9.17, 15) is 9.59 Å². The molecule has 0 heterocycles. The average molecular weight is 146 g/mol. The molecule has 0 amide bonds. The molecule has 0 fully saturated rings. The Balaban J connectivity index is 3.03. The van der Waals surface area contributed by atoms with Crippen molar-refractivity contribution >= 4 is 12.4 Å². The molecule has 0 aliphatic rings. The second-order valence-electron chi connectivity index (χ2n) is 1.65. The Kier molecular flexibility index (Phi) is 5.42. The number of hydrogen-bond acceptors (Lipinski definition) is 4. The zero-order chi connectivity index (χ0) is 7.82. The van der Waals surface area contributed by atoms with Crippen LogP contribution in [0.15, 0.2) is 0 Å². The van der Waals surface area contributed by atoms with Crippen molar-refractivity contribution in [1.29, 1.82) is 0 Å². The van der Waals surface area contributed by atoms with Crippen LogP contribution in [0.4, 0.5) is 0 Å². The lowest BCUT2D eigenvalue weighted by Crippen LogP contribution is -2.02. The molecule has 0 aliphatic carbocycles. The van der Waals surface area contributed by atoms with Crippen molar-refractivity contribution in [3.8, 4) is 0 Å². The molecule has 0 saturated carbocycles. The van der Waals surface area contributed by atoms with Crippen LogP contribution in [0.1, 0.15) is 12.8 Å². The molecule has 10 heavy (non-hydrogen) atoms. The van der Waals surface area contributed by atoms with Gasteiger partial charge < -0.3 is 9.47 Å². The molecule has 0 saturated heterocycles. The number of rotatable bonds is 5. The molecule has 0 aromatic carbocycles. The molecule has 0 N–H and O–H groups in total. The van der Waals surface area contributed by atoms with Gasteiger partial charge in [-0.15, -0.1) is 0 Å². The Morgan fingerprint density at radius 1 is 1.60 bits per heavy atom. The second-order valence-corrected chi connectivity index (χ2v) is 1.65. The van der Waals surface area contributed by atoms with E-state index in [0.29, 0.717) is 19.3 Å². The molecule has 0 aromatic heterocycles. The zero-order valence-electron chi connectivity index (χ0n) is 5.83. The van der Waals surface area contributed by atoms with Crippen LogP contribution in [0.5, 0.6) is 0 Å². The SMILES string of the molecule is COC(=O)CCCOC=O. The van der Waals surface area contributed by atoms with Crippen LogP contribution in [0.3, 0.4) is 0 Å². The van der Waals surface area contributed by atoms with Crippen LogP contribution in [-0.2, 0) is 19.1 Å². The van der Waals surface area contributed by atoms with Gasteiger partial charge in [0.05, 0.1) is 13.7 Å². The summed E-state index contributed by atoms with van der Waals surface area (Å²) in [6, 6.07) is 0. The van der Waals surface area contributed by atoms with E-state index in [1.165, 1.54) is 7.11 Å². The first kappa shape index (κ1) is 8.94. The Bertz CT molecular complexity index is 110. The van der Waals surface area contributed by atoms with Crippen molar-refractivity contribution in [2.24, 2.45) is 0 Å². The smallest absolute Gasteiger partial charge is 0.305 e. The third kappa shape index (κ3) is 5.08. The van der Waals surface area contributed by atoms with Crippen LogP contribution in [0, 0.1) is 0 Å². The van der Waals surface area contributed by atoms with Crippen molar-refractivity contribution < 1.29 is 19.1 Å². The minimum absolute atomic E-state index is 0.276. The Morgan fingerprint density at radius 2 is 2.30 bits per heavy atom. The van der Waals surface area contributed by atoms with Crippen LogP contribution in [0.2, 0.25) is 0 Å². The van der Waals surface area contributed by atoms with Gasteiger partial charge in [-0.2, -0.15) is 0 Å². The minimum Gasteiger partial charge on any atom is -0.469 e. The van der Waals surface area contributed by atoms with Gasteiger partial charge in [-0.3, -0.25) is 9.59 Å². The van der Waals surface area contributed by atoms with Gasteiger partial charge in [0.2, 0.25) is 0 Å². The highest BCUT2D eigenvalue weighted by Gasteiger charge is 1.97. The monoisotopic (exact) mass is 146 g/mol. The summed E-state index contributed by atoms with van der Waals surface area (Å²) in [5.74, 6) is -0.283. The largest absolute Gasteiger partial charge is 0.469 e. The lowest BCUT2D eigenvalue weighted by Gasteiger charge is -1.96. The lowest BCUT2D eigenvalue weighted by molar-refractivity contribution is -0.141. The molecule has 0 rings (SSSR count). The van der Waals surface area contributed by atoms with Gasteiger partial charge in [-0.05, 0) is 6.42 Å². The minimum atomic E-state index is -0.283. The first-order valence-electron chi connectivity index (χ1n) is 2.93. The van der Waals surface area contributed by atoms with Crippen molar-refractivity contribution in [3.05, 3.63) is 0 Å². The fraction of sp³-hybridized carbons (Fsp3) is 0.667. The third-order valence-corrected chi connectivity index (χ3v) is 0.939. The van der Waals surface area contributed by atoms with Gasteiger partial charge in [0.25, 0.3) is 6.47 Å². The molecule has 0 bridgehead atoms. The Morgan fingerprint density at radius 3 is 2.80 bits per heavy atom. The average Bonchev–Trinajstić information content (AvgIpc) is 1.98. The molecule has 4 heteroatoms. The van der Waals surface area contributed by atoms with E-state index in [1.807, 2.05) is 0 Å². The lowest BCUT2D eigenvalue weighted by atomic mass is 10.3. The van der Waals surface area contributed by atoms with Crippen molar-refractivity contribution in [3.63, 3.8) is 0 Å². The maximum Gasteiger partial charge on any atom is 0.305 e. The summed E-state index contributed by atoms with van der Waals surface area (Å²) < 4.78 is 8.69. The summed E-state index contributed by atoms with van der Waals surface area (Å²) in [5.41, 5.74) is 0. The van der Waals surface area contributed by atoms with Crippen LogP contribution < -0.4 is 0 Å². The molecular weight excluding hydrogens is 136 g/mol. The predicted octanol–water partition coefficient (Wildman–Crippen LogP) is 0.113. The molecule has 58 valence electrons. The molecule has 0 aliphatic heterocycles. The number of methoxy groups -OCH3 is 1. The quantitative estimate of drug-likeness (QED) is 0.314. The number of carbonyl (C=O) groups is 2. The Labute approximate surface area is 59.1 Å².